The lowest BCUT2D eigenvalue weighted by Crippen LogP contribution is -2.46. The van der Waals surface area contributed by atoms with Gasteiger partial charge in [-0.05, 0) is 25.0 Å². The Hall–Kier alpha value is -1.94. The van der Waals surface area contributed by atoms with Gasteiger partial charge in [-0.1, -0.05) is 37.0 Å². The van der Waals surface area contributed by atoms with Crippen LogP contribution in [0.3, 0.4) is 0 Å². The second kappa shape index (κ2) is 11.6. The van der Waals surface area contributed by atoms with Crippen LogP contribution >= 0.6 is 0 Å². The van der Waals surface area contributed by atoms with Crippen molar-refractivity contribution in [1.29, 1.82) is 0 Å². The third-order valence-corrected chi connectivity index (χ3v) is 3.74. The largest absolute Gasteiger partial charge is 0.395 e. The summed E-state index contributed by atoms with van der Waals surface area (Å²) in [6.07, 6.45) is 1.34. The van der Waals surface area contributed by atoms with Crippen molar-refractivity contribution >= 4 is 5.91 Å². The minimum Gasteiger partial charge on any atom is -0.395 e. The van der Waals surface area contributed by atoms with E-state index < -0.39 is 5.91 Å². The van der Waals surface area contributed by atoms with E-state index in [-0.39, 0.29) is 25.2 Å². The second-order valence-electron chi connectivity index (χ2n) is 5.52. The van der Waals surface area contributed by atoms with Gasteiger partial charge < -0.3 is 10.2 Å². The number of aliphatic hydroxyl groups excluding tert-OH is 2. The van der Waals surface area contributed by atoms with Gasteiger partial charge in [0.15, 0.2) is 0 Å². The highest BCUT2D eigenvalue weighted by molar-refractivity contribution is 5.74. The Morgan fingerprint density at radius 3 is 2.67 bits per heavy atom. The summed E-state index contributed by atoms with van der Waals surface area (Å²) in [4.78, 5) is 11.8. The zero-order chi connectivity index (χ0) is 17.8. The molecule has 0 radical (unpaired) electrons. The van der Waals surface area contributed by atoms with Crippen LogP contribution in [0.25, 0.3) is 0 Å². The van der Waals surface area contributed by atoms with Crippen molar-refractivity contribution in [2.24, 2.45) is 0 Å². The Labute approximate surface area is 142 Å². The Morgan fingerprint density at radius 2 is 2.12 bits per heavy atom. The Kier molecular flexibility index (Phi) is 9.70. The Morgan fingerprint density at radius 1 is 1.42 bits per heavy atom. The van der Waals surface area contributed by atoms with E-state index >= 15 is 0 Å². The molecule has 1 fully saturated rings. The number of aliphatic hydroxyl groups is 2. The number of piperidine rings is 1. The first-order chi connectivity index (χ1) is 11.6. The van der Waals surface area contributed by atoms with Crippen LogP contribution in [0.4, 0.5) is 4.48 Å². The summed E-state index contributed by atoms with van der Waals surface area (Å²) < 4.78 is 10.8. The highest BCUT2D eigenvalue weighted by Gasteiger charge is 2.25. The van der Waals surface area contributed by atoms with E-state index in [1.165, 1.54) is 0 Å². The topological polar surface area (TPSA) is 72.8 Å². The number of hydrogen-bond acceptors (Lipinski definition) is 4. The van der Waals surface area contributed by atoms with Crippen molar-refractivity contribution in [1.82, 2.24) is 10.4 Å². The molecule has 3 N–H and O–H groups in total. The van der Waals surface area contributed by atoms with Crippen LogP contribution in [-0.4, -0.2) is 52.9 Å². The molecular weight excluding hydrogens is 311 g/mol. The van der Waals surface area contributed by atoms with Crippen LogP contribution in [-0.2, 0) is 4.79 Å². The second-order valence-corrected chi connectivity index (χ2v) is 5.52. The first-order valence-electron chi connectivity index (χ1n) is 8.07. The highest BCUT2D eigenvalue weighted by atomic mass is 19.2. The molecule has 24 heavy (non-hydrogen) atoms. The molecule has 0 aromatic heterocycles. The first kappa shape index (κ1) is 20.1. The number of rotatable bonds is 3. The first-order valence-corrected chi connectivity index (χ1v) is 8.07. The number of carbonyl (C=O) groups excluding carboxylic acids is 1. The van der Waals surface area contributed by atoms with E-state index in [1.807, 2.05) is 30.3 Å². The molecule has 1 amide bonds. The van der Waals surface area contributed by atoms with Gasteiger partial charge in [-0.2, -0.15) is 5.54 Å². The van der Waals surface area contributed by atoms with Crippen LogP contribution in [0.2, 0.25) is 0 Å². The smallest absolute Gasteiger partial charge is 0.247 e. The molecule has 0 bridgehead atoms. The standard InChI is InChI=1S/C15H19NO2.C3H6FNO/c17-12-14-11-15(18)8-10-16(14)9-4-7-13-5-2-1-3-6-13;1-2-3(6)5-4/h1-3,5-6,14-15,17-18H,8-12H2;2H2,1H3,(H,5,6). The molecule has 2 rings (SSSR count). The highest BCUT2D eigenvalue weighted by Crippen LogP contribution is 2.16. The van der Waals surface area contributed by atoms with Crippen LogP contribution in [0, 0.1) is 11.8 Å². The minimum atomic E-state index is -0.574. The maximum atomic E-state index is 10.8. The molecule has 1 aliphatic rings. The van der Waals surface area contributed by atoms with Gasteiger partial charge in [-0.25, -0.2) is 0 Å². The Bertz CT molecular complexity index is 536. The fourth-order valence-corrected chi connectivity index (χ4v) is 2.31. The zero-order valence-electron chi connectivity index (χ0n) is 13.9. The van der Waals surface area contributed by atoms with E-state index in [9.17, 15) is 19.5 Å². The van der Waals surface area contributed by atoms with Crippen molar-refractivity contribution in [2.75, 3.05) is 19.7 Å². The molecule has 0 saturated carbocycles. The summed E-state index contributed by atoms with van der Waals surface area (Å²) in [5, 5.41) is 18.9. The van der Waals surface area contributed by atoms with E-state index in [0.717, 1.165) is 24.1 Å². The van der Waals surface area contributed by atoms with E-state index in [0.29, 0.717) is 13.0 Å². The maximum Gasteiger partial charge on any atom is 0.247 e. The predicted molar refractivity (Wildman–Crippen MR) is 90.5 cm³/mol. The fraction of sp³-hybridized carbons (Fsp3) is 0.500. The van der Waals surface area contributed by atoms with Gasteiger partial charge in [0.1, 0.15) is 0 Å². The lowest BCUT2D eigenvalue weighted by molar-refractivity contribution is -0.124. The number of nitrogens with one attached hydrogen (secondary N) is 1. The zero-order valence-corrected chi connectivity index (χ0v) is 13.9. The summed E-state index contributed by atoms with van der Waals surface area (Å²) in [6.45, 7) is 3.11. The van der Waals surface area contributed by atoms with Crippen molar-refractivity contribution in [3.05, 3.63) is 35.9 Å². The molecule has 1 saturated heterocycles. The van der Waals surface area contributed by atoms with Gasteiger partial charge in [0.25, 0.3) is 0 Å². The summed E-state index contributed by atoms with van der Waals surface area (Å²) >= 11 is 0. The van der Waals surface area contributed by atoms with Crippen LogP contribution < -0.4 is 5.54 Å². The van der Waals surface area contributed by atoms with Crippen molar-refractivity contribution in [3.63, 3.8) is 0 Å². The van der Waals surface area contributed by atoms with Gasteiger partial charge in [-0.15, -0.1) is 4.48 Å². The summed E-state index contributed by atoms with van der Waals surface area (Å²) in [5.41, 5.74) is 1.99. The lowest BCUT2D eigenvalue weighted by atomic mass is 10.0. The average Bonchev–Trinajstić information content (AvgIpc) is 2.63. The molecule has 132 valence electrons. The molecule has 1 aromatic carbocycles. The average molecular weight is 336 g/mol. The summed E-state index contributed by atoms with van der Waals surface area (Å²) in [6, 6.07) is 9.92. The van der Waals surface area contributed by atoms with Crippen LogP contribution in [0.15, 0.2) is 30.3 Å². The number of amides is 1. The lowest BCUT2D eigenvalue weighted by Gasteiger charge is -2.35. The monoisotopic (exact) mass is 336 g/mol. The molecule has 1 aliphatic heterocycles. The number of likely N-dealkylation sites (tertiary alicyclic amines) is 1. The van der Waals surface area contributed by atoms with Gasteiger partial charge in [0, 0.05) is 24.6 Å². The molecule has 0 aliphatic carbocycles. The van der Waals surface area contributed by atoms with Gasteiger partial charge in [0.05, 0.1) is 19.3 Å². The number of nitrogens with zero attached hydrogens (tertiary/aromatic N) is 1. The fourth-order valence-electron chi connectivity index (χ4n) is 2.31. The molecule has 2 unspecified atom stereocenters. The van der Waals surface area contributed by atoms with Crippen LogP contribution in [0.1, 0.15) is 31.7 Å². The molecule has 6 heteroatoms. The molecule has 5 nitrogen and oxygen atoms in total. The molecular formula is C18H25FN2O3. The maximum absolute atomic E-state index is 10.8. The molecule has 2 atom stereocenters. The SMILES string of the molecule is CCC(=O)NF.OCC1CC(O)CCN1CC#Cc1ccccc1. The van der Waals surface area contributed by atoms with E-state index in [1.54, 1.807) is 6.92 Å². The van der Waals surface area contributed by atoms with Gasteiger partial charge in [0.2, 0.25) is 5.91 Å². The van der Waals surface area contributed by atoms with Gasteiger partial charge in [-0.3, -0.25) is 9.69 Å². The third kappa shape index (κ3) is 7.55. The van der Waals surface area contributed by atoms with E-state index in [2.05, 4.69) is 16.7 Å². The quantitative estimate of drug-likeness (QED) is 0.574. The predicted octanol–water partition coefficient (Wildman–Crippen LogP) is 1.25. The van der Waals surface area contributed by atoms with E-state index in [4.69, 9.17) is 0 Å². The summed E-state index contributed by atoms with van der Waals surface area (Å²) in [5.74, 6) is 5.67. The summed E-state index contributed by atoms with van der Waals surface area (Å²) in [7, 11) is 0. The molecule has 1 aromatic rings. The number of halogens is 1. The van der Waals surface area contributed by atoms with Crippen molar-refractivity contribution in [2.45, 2.75) is 38.3 Å². The molecule has 0 spiro atoms. The third-order valence-electron chi connectivity index (χ3n) is 3.74. The van der Waals surface area contributed by atoms with Crippen molar-refractivity contribution < 1.29 is 19.5 Å². The molecule has 1 heterocycles. The Balaban J connectivity index is 0.000000413. The normalized spacial score (nSPS) is 20.2. The number of carbonyl (C=O) groups is 1. The number of hydrogen-bond donors (Lipinski definition) is 3. The van der Waals surface area contributed by atoms with Gasteiger partial charge >= 0.3 is 0 Å². The number of benzene rings is 1. The van der Waals surface area contributed by atoms with Crippen molar-refractivity contribution in [3.8, 4) is 11.8 Å². The van der Waals surface area contributed by atoms with Crippen LogP contribution in [0.5, 0.6) is 0 Å². The minimum absolute atomic E-state index is 0.0406.